The van der Waals surface area contributed by atoms with Gasteiger partial charge >= 0.3 is 11.9 Å². The SMILES string of the molecule is CCC1c2cc3[nH]c4c(c5nc(cc6[nH]c(cc(n2)C1C)c(=C(C)O)c6C)C(C)C5CCC(=O)OCC=C(C)C)C(C(=O)OC)C(O)=c4c3C. The molecule has 0 radical (unpaired) electrons. The number of carbonyl (C=O) groups is 2. The molecule has 3 aromatic rings. The maximum absolute atomic E-state index is 13.5. The minimum absolute atomic E-state index is 0.0816. The van der Waals surface area contributed by atoms with Gasteiger partial charge in [0.25, 0.3) is 0 Å². The first-order chi connectivity index (χ1) is 23.8. The van der Waals surface area contributed by atoms with E-state index in [1.807, 2.05) is 52.0 Å². The van der Waals surface area contributed by atoms with Crippen LogP contribution in [0.4, 0.5) is 0 Å². The van der Waals surface area contributed by atoms with Crippen LogP contribution in [0.2, 0.25) is 0 Å². The second-order valence-electron chi connectivity index (χ2n) is 14.2. The Morgan fingerprint density at radius 3 is 2.22 bits per heavy atom. The number of esters is 2. The predicted octanol–water partition coefficient (Wildman–Crippen LogP) is 7.03. The zero-order chi connectivity index (χ0) is 36.2. The zero-order valence-corrected chi connectivity index (χ0v) is 30.4. The molecule has 2 aliphatic heterocycles. The second kappa shape index (κ2) is 13.5. The third-order valence-corrected chi connectivity index (χ3v) is 10.9. The van der Waals surface area contributed by atoms with Crippen molar-refractivity contribution >= 4 is 45.5 Å². The summed E-state index contributed by atoms with van der Waals surface area (Å²) in [7, 11) is 1.31. The topological polar surface area (TPSA) is 150 Å². The van der Waals surface area contributed by atoms with E-state index in [1.54, 1.807) is 6.92 Å². The van der Waals surface area contributed by atoms with Gasteiger partial charge in [-0.2, -0.15) is 0 Å². The third-order valence-electron chi connectivity index (χ3n) is 10.9. The maximum atomic E-state index is 13.5. The molecule has 0 saturated heterocycles. The molecule has 10 heteroatoms. The fraction of sp³-hybridized carbons (Fsp3) is 0.450. The molecule has 3 aromatic heterocycles. The first-order valence-corrected chi connectivity index (χ1v) is 17.5. The Kier molecular flexibility index (Phi) is 9.41. The van der Waals surface area contributed by atoms with Crippen molar-refractivity contribution in [3.63, 3.8) is 0 Å². The average Bonchev–Trinajstić information content (AvgIpc) is 3.80. The summed E-state index contributed by atoms with van der Waals surface area (Å²) < 4.78 is 10.7. The molecule has 8 bridgehead atoms. The molecular formula is C40H48N4O6. The molecule has 5 atom stereocenters. The van der Waals surface area contributed by atoms with Gasteiger partial charge in [0.2, 0.25) is 0 Å². The highest BCUT2D eigenvalue weighted by Crippen LogP contribution is 2.46. The Labute approximate surface area is 292 Å². The van der Waals surface area contributed by atoms with Gasteiger partial charge in [-0.15, -0.1) is 0 Å². The molecule has 0 fully saturated rings. The molecule has 50 heavy (non-hydrogen) atoms. The predicted molar refractivity (Wildman–Crippen MR) is 194 cm³/mol. The van der Waals surface area contributed by atoms with Crippen LogP contribution in [0.5, 0.6) is 0 Å². The van der Waals surface area contributed by atoms with Crippen molar-refractivity contribution < 1.29 is 29.3 Å². The molecule has 5 unspecified atom stereocenters. The van der Waals surface area contributed by atoms with E-state index in [0.29, 0.717) is 28.4 Å². The number of H-pyrrole nitrogens is 2. The van der Waals surface area contributed by atoms with Crippen LogP contribution in [0, 0.1) is 13.8 Å². The van der Waals surface area contributed by atoms with Gasteiger partial charge in [0.1, 0.15) is 18.3 Å². The first kappa shape index (κ1) is 35.0. The Hall–Kier alpha value is -4.86. The summed E-state index contributed by atoms with van der Waals surface area (Å²) in [5.74, 6) is -2.03. The number of aliphatic hydroxyl groups is 2. The Balaban J connectivity index is 1.70. The van der Waals surface area contributed by atoms with E-state index >= 15 is 0 Å². The van der Waals surface area contributed by atoms with E-state index in [2.05, 4.69) is 30.7 Å². The zero-order valence-electron chi connectivity index (χ0n) is 30.4. The molecular weight excluding hydrogens is 632 g/mol. The molecule has 264 valence electrons. The van der Waals surface area contributed by atoms with Crippen LogP contribution in [0.15, 0.2) is 29.8 Å². The van der Waals surface area contributed by atoms with Gasteiger partial charge < -0.3 is 29.7 Å². The molecule has 0 saturated carbocycles. The van der Waals surface area contributed by atoms with Crippen molar-refractivity contribution in [2.24, 2.45) is 0 Å². The standard InChI is InChI=1S/C40H48N4O6/c1-10-24-19(4)26-17-31-33(23(8)45)21(6)28(42-31)15-27-20(5)25(11-12-32(46)50-14-13-18(2)3)37(43-27)35-36(40(48)49-9)39(47)34-22(7)29(44-38(34)35)16-30(24)41-26/h13,15-17,19-20,24-25,36,42,44-45,47H,10-12,14H2,1-9H3. The first-order valence-electron chi connectivity index (χ1n) is 17.5. The second-order valence-corrected chi connectivity index (χ2v) is 14.2. The van der Waals surface area contributed by atoms with Gasteiger partial charge in [0, 0.05) is 74.2 Å². The van der Waals surface area contributed by atoms with Gasteiger partial charge in [-0.3, -0.25) is 19.6 Å². The fourth-order valence-electron chi connectivity index (χ4n) is 8.01. The number of nitrogens with one attached hydrogen (secondary N) is 2. The van der Waals surface area contributed by atoms with E-state index in [4.69, 9.17) is 19.4 Å². The van der Waals surface area contributed by atoms with E-state index in [0.717, 1.165) is 62.0 Å². The summed E-state index contributed by atoms with van der Waals surface area (Å²) in [6, 6.07) is 6.07. The minimum atomic E-state index is -1.08. The molecule has 1 aliphatic carbocycles. The lowest BCUT2D eigenvalue weighted by Gasteiger charge is -2.19. The van der Waals surface area contributed by atoms with Crippen molar-refractivity contribution in [2.75, 3.05) is 13.7 Å². The Morgan fingerprint density at radius 2 is 1.56 bits per heavy atom. The molecule has 0 spiro atoms. The van der Waals surface area contributed by atoms with Crippen molar-refractivity contribution in [2.45, 2.75) is 104 Å². The molecule has 6 rings (SSSR count). The smallest absolute Gasteiger partial charge is 0.321 e. The summed E-state index contributed by atoms with van der Waals surface area (Å²) in [5, 5.41) is 23.9. The van der Waals surface area contributed by atoms with Crippen molar-refractivity contribution in [1.29, 1.82) is 0 Å². The number of aromatic nitrogens is 4. The van der Waals surface area contributed by atoms with E-state index in [9.17, 15) is 19.8 Å². The average molecular weight is 681 g/mol. The van der Waals surface area contributed by atoms with Crippen LogP contribution in [0.3, 0.4) is 0 Å². The number of methoxy groups -OCH3 is 1. The molecule has 3 aliphatic rings. The number of nitrogens with zero attached hydrogens (tertiary/aromatic N) is 2. The largest absolute Gasteiger partial charge is 0.512 e. The summed E-state index contributed by atoms with van der Waals surface area (Å²) in [4.78, 5) is 43.8. The summed E-state index contributed by atoms with van der Waals surface area (Å²) >= 11 is 0. The highest BCUT2D eigenvalue weighted by molar-refractivity contribution is 5.96. The molecule has 0 aromatic carbocycles. The molecule has 0 amide bonds. The number of rotatable bonds is 7. The summed E-state index contributed by atoms with van der Waals surface area (Å²) in [6.45, 7) is 16.1. The van der Waals surface area contributed by atoms with Gasteiger partial charge in [-0.25, -0.2) is 0 Å². The van der Waals surface area contributed by atoms with Gasteiger partial charge in [0.15, 0.2) is 0 Å². The summed E-state index contributed by atoms with van der Waals surface area (Å²) in [6.07, 6.45) is 3.30. The van der Waals surface area contributed by atoms with E-state index < -0.39 is 11.9 Å². The lowest BCUT2D eigenvalue weighted by Crippen LogP contribution is -2.18. The lowest BCUT2D eigenvalue weighted by molar-refractivity contribution is -0.143. The van der Waals surface area contributed by atoms with Crippen LogP contribution in [0.1, 0.15) is 130 Å². The quantitative estimate of drug-likeness (QED) is 0.154. The number of ether oxygens (including phenoxy) is 2. The van der Waals surface area contributed by atoms with Gasteiger partial charge in [-0.05, 0) is 82.9 Å². The van der Waals surface area contributed by atoms with E-state index in [-0.39, 0.29) is 54.2 Å². The van der Waals surface area contributed by atoms with Crippen LogP contribution in [0.25, 0.3) is 33.6 Å². The number of hydrogen-bond donors (Lipinski definition) is 4. The fourth-order valence-corrected chi connectivity index (χ4v) is 8.01. The normalized spacial score (nSPS) is 21.6. The number of aromatic amines is 2. The van der Waals surface area contributed by atoms with Crippen LogP contribution in [-0.2, 0) is 19.1 Å². The van der Waals surface area contributed by atoms with Crippen LogP contribution in [-0.4, -0.2) is 55.8 Å². The number of fused-ring (bicyclic) bond motifs is 8. The number of allylic oxidation sites excluding steroid dienone is 1. The minimum Gasteiger partial charge on any atom is -0.512 e. The Bertz CT molecular complexity index is 2220. The number of carbonyl (C=O) groups excluding carboxylic acids is 2. The highest BCUT2D eigenvalue weighted by atomic mass is 16.5. The maximum Gasteiger partial charge on any atom is 0.321 e. The van der Waals surface area contributed by atoms with Crippen molar-refractivity contribution in [3.05, 3.63) is 79.8 Å². The monoisotopic (exact) mass is 680 g/mol. The van der Waals surface area contributed by atoms with Crippen molar-refractivity contribution in [1.82, 2.24) is 19.9 Å². The van der Waals surface area contributed by atoms with E-state index in [1.165, 1.54) is 7.11 Å². The Morgan fingerprint density at radius 1 is 0.920 bits per heavy atom. The van der Waals surface area contributed by atoms with Crippen LogP contribution < -0.4 is 10.4 Å². The van der Waals surface area contributed by atoms with Gasteiger partial charge in [-0.1, -0.05) is 26.3 Å². The highest BCUT2D eigenvalue weighted by Gasteiger charge is 2.41. The number of aliphatic hydroxyl groups excluding tert-OH is 2. The number of hydrogen-bond acceptors (Lipinski definition) is 8. The third kappa shape index (κ3) is 5.88. The molecule has 5 heterocycles. The number of aryl methyl sites for hydroxylation is 2. The summed E-state index contributed by atoms with van der Waals surface area (Å²) in [5.41, 5.74) is 9.46. The van der Waals surface area contributed by atoms with Gasteiger partial charge in [0.05, 0.1) is 29.6 Å². The van der Waals surface area contributed by atoms with Crippen molar-refractivity contribution in [3.8, 4) is 0 Å². The molecule has 10 nitrogen and oxygen atoms in total. The lowest BCUT2D eigenvalue weighted by atomic mass is 9.84. The van der Waals surface area contributed by atoms with Crippen LogP contribution >= 0.6 is 0 Å². The molecule has 4 N–H and O–H groups in total.